The Balaban J connectivity index is 2.99. The summed E-state index contributed by atoms with van der Waals surface area (Å²) < 4.78 is 36.6. The van der Waals surface area contributed by atoms with Crippen molar-refractivity contribution in [2.75, 3.05) is 7.11 Å². The number of esters is 1. The first-order chi connectivity index (χ1) is 9.96. The smallest absolute Gasteiger partial charge is 0.340 e. The van der Waals surface area contributed by atoms with E-state index in [4.69, 9.17) is 9.47 Å². The van der Waals surface area contributed by atoms with Gasteiger partial charge in [-0.15, -0.1) is 0 Å². The zero-order chi connectivity index (χ0) is 15.9. The molecule has 0 amide bonds. The summed E-state index contributed by atoms with van der Waals surface area (Å²) in [6.45, 7) is 0. The van der Waals surface area contributed by atoms with Crippen molar-refractivity contribution in [1.29, 1.82) is 0 Å². The normalized spacial score (nSPS) is 14.0. The Morgan fingerprint density at radius 2 is 1.90 bits per heavy atom. The summed E-state index contributed by atoms with van der Waals surface area (Å²) in [6.07, 6.45) is -4.33. The first-order valence-corrected chi connectivity index (χ1v) is 6.03. The van der Waals surface area contributed by atoms with E-state index in [1.54, 1.807) is 6.07 Å². The lowest BCUT2D eigenvalue weighted by Crippen LogP contribution is -2.48. The van der Waals surface area contributed by atoms with Crippen LogP contribution in [0.1, 0.15) is 16.8 Å². The van der Waals surface area contributed by atoms with Crippen LogP contribution in [-0.2, 0) is 19.1 Å². The quantitative estimate of drug-likeness (QED) is 0.539. The van der Waals surface area contributed by atoms with E-state index in [2.05, 4.69) is 0 Å². The second-order valence-electron chi connectivity index (χ2n) is 4.16. The standard InChI is InChI=1S/C14H14F2O5/c1-20-11(7-8-17)12(14(15,16)9-18)21-13(19)10-5-3-2-4-6-10/h2-6,8-9,11-12H,7H2,1H3/t11-,12?/m1/s1. The monoisotopic (exact) mass is 300 g/mol. The number of carbonyl (C=O) groups excluding carboxylic acids is 3. The molecule has 0 radical (unpaired) electrons. The number of hydrogen-bond donors (Lipinski definition) is 0. The summed E-state index contributed by atoms with van der Waals surface area (Å²) in [5, 5.41) is 0. The molecule has 1 aromatic rings. The van der Waals surface area contributed by atoms with Crippen LogP contribution in [0.4, 0.5) is 8.78 Å². The van der Waals surface area contributed by atoms with Crippen LogP contribution in [0.25, 0.3) is 0 Å². The maximum Gasteiger partial charge on any atom is 0.340 e. The SMILES string of the molecule is CO[C@H](CC=O)C(OC(=O)c1ccccc1)C(F)(F)C=O. The van der Waals surface area contributed by atoms with Crippen molar-refractivity contribution in [3.8, 4) is 0 Å². The second kappa shape index (κ2) is 7.58. The van der Waals surface area contributed by atoms with Crippen LogP contribution in [0, 0.1) is 0 Å². The van der Waals surface area contributed by atoms with Gasteiger partial charge in [-0.25, -0.2) is 4.79 Å². The van der Waals surface area contributed by atoms with Gasteiger partial charge >= 0.3 is 11.9 Å². The van der Waals surface area contributed by atoms with E-state index in [1.807, 2.05) is 0 Å². The van der Waals surface area contributed by atoms with Crippen LogP contribution in [0.5, 0.6) is 0 Å². The van der Waals surface area contributed by atoms with Crippen molar-refractivity contribution in [3.63, 3.8) is 0 Å². The highest BCUT2D eigenvalue weighted by Gasteiger charge is 2.47. The fourth-order valence-electron chi connectivity index (χ4n) is 1.67. The number of methoxy groups -OCH3 is 1. The molecule has 0 aliphatic heterocycles. The summed E-state index contributed by atoms with van der Waals surface area (Å²) in [5.41, 5.74) is 0.0464. The average molecular weight is 300 g/mol. The minimum Gasteiger partial charge on any atom is -0.449 e. The van der Waals surface area contributed by atoms with E-state index in [-0.39, 0.29) is 5.56 Å². The number of halogens is 2. The zero-order valence-corrected chi connectivity index (χ0v) is 11.2. The predicted octanol–water partition coefficient (Wildman–Crippen LogP) is 1.65. The molecule has 21 heavy (non-hydrogen) atoms. The molecule has 114 valence electrons. The highest BCUT2D eigenvalue weighted by atomic mass is 19.3. The Morgan fingerprint density at radius 3 is 2.38 bits per heavy atom. The fourth-order valence-corrected chi connectivity index (χ4v) is 1.67. The van der Waals surface area contributed by atoms with Gasteiger partial charge < -0.3 is 14.3 Å². The van der Waals surface area contributed by atoms with Gasteiger partial charge in [0.15, 0.2) is 12.4 Å². The Bertz CT molecular complexity index is 489. The molecular formula is C14H14F2O5. The molecule has 0 aliphatic carbocycles. The van der Waals surface area contributed by atoms with E-state index in [0.717, 1.165) is 7.11 Å². The Kier molecular flexibility index (Phi) is 6.10. The Labute approximate surface area is 119 Å². The van der Waals surface area contributed by atoms with E-state index in [1.165, 1.54) is 24.3 Å². The maximum absolute atomic E-state index is 13.6. The van der Waals surface area contributed by atoms with Crippen LogP contribution in [0.15, 0.2) is 30.3 Å². The molecule has 1 aromatic carbocycles. The lowest BCUT2D eigenvalue weighted by molar-refractivity contribution is -0.168. The third-order valence-corrected chi connectivity index (χ3v) is 2.75. The van der Waals surface area contributed by atoms with Gasteiger partial charge in [0.1, 0.15) is 12.4 Å². The number of benzene rings is 1. The number of rotatable bonds is 8. The molecule has 2 atom stereocenters. The highest BCUT2D eigenvalue weighted by Crippen LogP contribution is 2.25. The molecular weight excluding hydrogens is 286 g/mol. The van der Waals surface area contributed by atoms with Gasteiger partial charge in [-0.2, -0.15) is 8.78 Å². The molecule has 0 saturated carbocycles. The van der Waals surface area contributed by atoms with Crippen LogP contribution in [0.3, 0.4) is 0 Å². The number of hydrogen-bond acceptors (Lipinski definition) is 5. The summed E-state index contributed by atoms with van der Waals surface area (Å²) in [4.78, 5) is 32.8. The molecule has 0 saturated heterocycles. The van der Waals surface area contributed by atoms with Crippen LogP contribution in [0.2, 0.25) is 0 Å². The van der Waals surface area contributed by atoms with Gasteiger partial charge in [-0.1, -0.05) is 18.2 Å². The molecule has 0 heterocycles. The summed E-state index contributed by atoms with van der Waals surface area (Å²) in [7, 11) is 1.08. The van der Waals surface area contributed by atoms with Crippen LogP contribution >= 0.6 is 0 Å². The van der Waals surface area contributed by atoms with Gasteiger partial charge in [0, 0.05) is 13.5 Å². The number of carbonyl (C=O) groups is 3. The summed E-state index contributed by atoms with van der Waals surface area (Å²) in [5.74, 6) is -5.00. The van der Waals surface area contributed by atoms with Gasteiger partial charge in [-0.05, 0) is 12.1 Å². The Morgan fingerprint density at radius 1 is 1.29 bits per heavy atom. The Hall–Kier alpha value is -2.15. The van der Waals surface area contributed by atoms with Crippen molar-refractivity contribution in [2.24, 2.45) is 0 Å². The lowest BCUT2D eigenvalue weighted by Gasteiger charge is -2.28. The number of alkyl halides is 2. The van der Waals surface area contributed by atoms with Crippen LogP contribution < -0.4 is 0 Å². The average Bonchev–Trinajstić information content (AvgIpc) is 2.51. The molecule has 0 N–H and O–H groups in total. The molecule has 0 fully saturated rings. The van der Waals surface area contributed by atoms with Crippen molar-refractivity contribution < 1.29 is 32.6 Å². The molecule has 0 bridgehead atoms. The largest absolute Gasteiger partial charge is 0.449 e. The first kappa shape index (κ1) is 16.9. The van der Waals surface area contributed by atoms with Crippen molar-refractivity contribution in [1.82, 2.24) is 0 Å². The second-order valence-corrected chi connectivity index (χ2v) is 4.16. The van der Waals surface area contributed by atoms with Crippen LogP contribution in [-0.4, -0.2) is 43.8 Å². The van der Waals surface area contributed by atoms with E-state index in [9.17, 15) is 23.2 Å². The van der Waals surface area contributed by atoms with E-state index in [0.29, 0.717) is 6.29 Å². The molecule has 5 nitrogen and oxygen atoms in total. The zero-order valence-electron chi connectivity index (χ0n) is 11.2. The summed E-state index contributed by atoms with van der Waals surface area (Å²) >= 11 is 0. The molecule has 0 spiro atoms. The van der Waals surface area contributed by atoms with Crippen molar-refractivity contribution in [3.05, 3.63) is 35.9 Å². The van der Waals surface area contributed by atoms with Crippen molar-refractivity contribution >= 4 is 18.5 Å². The minimum atomic E-state index is -3.96. The molecule has 0 aliphatic rings. The minimum absolute atomic E-state index is 0.0464. The number of aldehydes is 2. The molecule has 0 aromatic heterocycles. The summed E-state index contributed by atoms with van der Waals surface area (Å²) in [6, 6.07) is 7.45. The topological polar surface area (TPSA) is 69.7 Å². The highest BCUT2D eigenvalue weighted by molar-refractivity contribution is 5.89. The molecule has 7 heteroatoms. The van der Waals surface area contributed by atoms with Crippen molar-refractivity contribution in [2.45, 2.75) is 24.6 Å². The molecule has 1 unspecified atom stereocenters. The first-order valence-electron chi connectivity index (χ1n) is 6.03. The van der Waals surface area contributed by atoms with E-state index >= 15 is 0 Å². The molecule has 1 rings (SSSR count). The van der Waals surface area contributed by atoms with Gasteiger partial charge in [0.05, 0.1) is 5.56 Å². The third-order valence-electron chi connectivity index (χ3n) is 2.75. The predicted molar refractivity (Wildman–Crippen MR) is 68.1 cm³/mol. The van der Waals surface area contributed by atoms with Gasteiger partial charge in [0.25, 0.3) is 0 Å². The lowest BCUT2D eigenvalue weighted by atomic mass is 10.1. The fraction of sp³-hybridized carbons (Fsp3) is 0.357. The third kappa shape index (κ3) is 4.42. The van der Waals surface area contributed by atoms with E-state index < -0.39 is 36.8 Å². The van der Waals surface area contributed by atoms with Gasteiger partial charge in [0.2, 0.25) is 0 Å². The van der Waals surface area contributed by atoms with Gasteiger partial charge in [-0.3, -0.25) is 4.79 Å². The number of ether oxygens (including phenoxy) is 2. The maximum atomic E-state index is 13.6.